The maximum Gasteiger partial charge on any atom is 0.253 e. The molecule has 0 bridgehead atoms. The van der Waals surface area contributed by atoms with E-state index in [9.17, 15) is 4.79 Å². The Morgan fingerprint density at radius 1 is 1.20 bits per heavy atom. The van der Waals surface area contributed by atoms with Gasteiger partial charge in [0.1, 0.15) is 13.2 Å². The van der Waals surface area contributed by atoms with Crippen LogP contribution in [0.25, 0.3) is 11.1 Å². The van der Waals surface area contributed by atoms with Crippen molar-refractivity contribution >= 4 is 12.6 Å². The molecule has 0 amide bonds. The van der Waals surface area contributed by atoms with Gasteiger partial charge < -0.3 is 14.0 Å². The van der Waals surface area contributed by atoms with Gasteiger partial charge in [0, 0.05) is 34.8 Å². The standard InChI is InChI=1S/C15H15NO3S/c1-9-5-10(8-16(2)15(9)17)12-6-11(20)7-13-14(12)19-4-3-18-13/h5-8,20H,3-4H2,1-2H3. The number of fused-ring (bicyclic) bond motifs is 1. The third-order valence-corrected chi connectivity index (χ3v) is 3.56. The Morgan fingerprint density at radius 3 is 2.70 bits per heavy atom. The van der Waals surface area contributed by atoms with Crippen LogP contribution in [-0.2, 0) is 7.05 Å². The zero-order chi connectivity index (χ0) is 14.3. The average Bonchev–Trinajstić information content (AvgIpc) is 2.43. The largest absolute Gasteiger partial charge is 0.486 e. The summed E-state index contributed by atoms with van der Waals surface area (Å²) in [5, 5.41) is 0. The van der Waals surface area contributed by atoms with E-state index in [4.69, 9.17) is 9.47 Å². The summed E-state index contributed by atoms with van der Waals surface area (Å²) in [7, 11) is 1.74. The van der Waals surface area contributed by atoms with Gasteiger partial charge in [-0.2, -0.15) is 0 Å². The van der Waals surface area contributed by atoms with Gasteiger partial charge in [0.05, 0.1) is 0 Å². The highest BCUT2D eigenvalue weighted by atomic mass is 32.1. The number of pyridine rings is 1. The van der Waals surface area contributed by atoms with Crippen LogP contribution in [0.15, 0.2) is 34.1 Å². The summed E-state index contributed by atoms with van der Waals surface area (Å²) >= 11 is 4.41. The molecule has 0 aliphatic carbocycles. The number of hydrogen-bond donors (Lipinski definition) is 1. The van der Waals surface area contributed by atoms with Crippen LogP contribution in [0.2, 0.25) is 0 Å². The van der Waals surface area contributed by atoms with E-state index in [1.165, 1.54) is 0 Å². The van der Waals surface area contributed by atoms with Crippen LogP contribution in [0.3, 0.4) is 0 Å². The van der Waals surface area contributed by atoms with Gasteiger partial charge in [-0.25, -0.2) is 0 Å². The summed E-state index contributed by atoms with van der Waals surface area (Å²) in [6.07, 6.45) is 1.80. The number of rotatable bonds is 1. The molecule has 1 aromatic carbocycles. The molecule has 0 radical (unpaired) electrons. The van der Waals surface area contributed by atoms with Crippen LogP contribution in [0.4, 0.5) is 0 Å². The van der Waals surface area contributed by atoms with E-state index in [2.05, 4.69) is 12.6 Å². The number of aryl methyl sites for hydroxylation is 2. The number of ether oxygens (including phenoxy) is 2. The highest BCUT2D eigenvalue weighted by Crippen LogP contribution is 2.41. The summed E-state index contributed by atoms with van der Waals surface area (Å²) in [6.45, 7) is 2.87. The molecule has 4 nitrogen and oxygen atoms in total. The molecule has 0 N–H and O–H groups in total. The quantitative estimate of drug-likeness (QED) is 0.820. The monoisotopic (exact) mass is 289 g/mol. The van der Waals surface area contributed by atoms with Gasteiger partial charge in [-0.05, 0) is 25.1 Å². The normalized spacial score (nSPS) is 13.3. The zero-order valence-electron chi connectivity index (χ0n) is 11.3. The molecule has 5 heteroatoms. The maximum atomic E-state index is 11.8. The van der Waals surface area contributed by atoms with Gasteiger partial charge in [-0.1, -0.05) is 0 Å². The Kier molecular flexibility index (Phi) is 3.22. The fourth-order valence-corrected chi connectivity index (χ4v) is 2.62. The molecule has 104 valence electrons. The van der Waals surface area contributed by atoms with E-state index < -0.39 is 0 Å². The summed E-state index contributed by atoms with van der Waals surface area (Å²) in [5.74, 6) is 1.41. The molecule has 1 aliphatic heterocycles. The lowest BCUT2D eigenvalue weighted by Gasteiger charge is -2.22. The van der Waals surface area contributed by atoms with Crippen LogP contribution in [0, 0.1) is 6.92 Å². The third-order valence-electron chi connectivity index (χ3n) is 3.30. The van der Waals surface area contributed by atoms with Crippen LogP contribution in [0.5, 0.6) is 11.5 Å². The van der Waals surface area contributed by atoms with E-state index in [0.717, 1.165) is 16.0 Å². The summed E-state index contributed by atoms with van der Waals surface area (Å²) < 4.78 is 12.9. The van der Waals surface area contributed by atoms with Crippen LogP contribution < -0.4 is 15.0 Å². The van der Waals surface area contributed by atoms with E-state index in [-0.39, 0.29) is 5.56 Å². The van der Waals surface area contributed by atoms with E-state index in [1.54, 1.807) is 24.7 Å². The highest BCUT2D eigenvalue weighted by Gasteiger charge is 2.19. The van der Waals surface area contributed by atoms with Gasteiger partial charge in [0.2, 0.25) is 0 Å². The third kappa shape index (κ3) is 2.18. The summed E-state index contributed by atoms with van der Waals surface area (Å²) in [6, 6.07) is 5.63. The lowest BCUT2D eigenvalue weighted by atomic mass is 10.0. The summed E-state index contributed by atoms with van der Waals surface area (Å²) in [5.41, 5.74) is 2.51. The van der Waals surface area contributed by atoms with Gasteiger partial charge in [0.25, 0.3) is 5.56 Å². The number of benzene rings is 1. The molecule has 0 fully saturated rings. The molecule has 2 heterocycles. The lowest BCUT2D eigenvalue weighted by molar-refractivity contribution is 0.172. The molecule has 0 spiro atoms. The molecule has 20 heavy (non-hydrogen) atoms. The van der Waals surface area contributed by atoms with Gasteiger partial charge in [-0.3, -0.25) is 4.79 Å². The predicted octanol–water partition coefficient (Wildman–Crippen LogP) is 2.42. The fourth-order valence-electron chi connectivity index (χ4n) is 2.38. The van der Waals surface area contributed by atoms with Crippen molar-refractivity contribution in [3.05, 3.63) is 40.3 Å². The second-order valence-corrected chi connectivity index (χ2v) is 5.36. The smallest absolute Gasteiger partial charge is 0.253 e. The molecule has 0 saturated carbocycles. The molecular formula is C15H15NO3S. The minimum absolute atomic E-state index is 0.00168. The number of hydrogen-bond acceptors (Lipinski definition) is 4. The lowest BCUT2D eigenvalue weighted by Crippen LogP contribution is -2.19. The first kappa shape index (κ1) is 13.1. The van der Waals surface area contributed by atoms with Crippen molar-refractivity contribution in [2.75, 3.05) is 13.2 Å². The van der Waals surface area contributed by atoms with Crippen molar-refractivity contribution in [3.8, 4) is 22.6 Å². The minimum Gasteiger partial charge on any atom is -0.486 e. The van der Waals surface area contributed by atoms with Gasteiger partial charge in [0.15, 0.2) is 11.5 Å². The van der Waals surface area contributed by atoms with Crippen molar-refractivity contribution < 1.29 is 9.47 Å². The zero-order valence-corrected chi connectivity index (χ0v) is 12.2. The number of nitrogens with zero attached hydrogens (tertiary/aromatic N) is 1. The molecule has 0 unspecified atom stereocenters. The Hall–Kier alpha value is -1.88. The minimum atomic E-state index is 0.00168. The van der Waals surface area contributed by atoms with Crippen LogP contribution in [0.1, 0.15) is 5.56 Å². The van der Waals surface area contributed by atoms with Crippen molar-refractivity contribution in [3.63, 3.8) is 0 Å². The number of aromatic nitrogens is 1. The molecule has 1 aromatic heterocycles. The van der Waals surface area contributed by atoms with E-state index >= 15 is 0 Å². The predicted molar refractivity (Wildman–Crippen MR) is 80.1 cm³/mol. The highest BCUT2D eigenvalue weighted by molar-refractivity contribution is 7.80. The van der Waals surface area contributed by atoms with E-state index in [1.807, 2.05) is 18.2 Å². The second kappa shape index (κ2) is 4.90. The first-order valence-corrected chi connectivity index (χ1v) is 6.81. The Morgan fingerprint density at radius 2 is 1.95 bits per heavy atom. The molecule has 3 rings (SSSR count). The average molecular weight is 289 g/mol. The topological polar surface area (TPSA) is 40.5 Å². The van der Waals surface area contributed by atoms with Crippen molar-refractivity contribution in [1.29, 1.82) is 0 Å². The molecule has 0 saturated heterocycles. The second-order valence-electron chi connectivity index (χ2n) is 4.85. The van der Waals surface area contributed by atoms with Gasteiger partial charge >= 0.3 is 0 Å². The SMILES string of the molecule is Cc1cc(-c2cc(S)cc3c2OCCO3)cn(C)c1=O. The molecule has 1 aliphatic rings. The molecule has 2 aromatic rings. The van der Waals surface area contributed by atoms with Crippen molar-refractivity contribution in [1.82, 2.24) is 4.57 Å². The van der Waals surface area contributed by atoms with Crippen LogP contribution in [-0.4, -0.2) is 17.8 Å². The molecular weight excluding hydrogens is 274 g/mol. The van der Waals surface area contributed by atoms with Gasteiger partial charge in [-0.15, -0.1) is 12.6 Å². The van der Waals surface area contributed by atoms with Crippen molar-refractivity contribution in [2.45, 2.75) is 11.8 Å². The Balaban J connectivity index is 2.24. The Bertz CT molecular complexity index is 710. The van der Waals surface area contributed by atoms with E-state index in [0.29, 0.717) is 30.3 Å². The fraction of sp³-hybridized carbons (Fsp3) is 0.267. The summed E-state index contributed by atoms with van der Waals surface area (Å²) in [4.78, 5) is 12.6. The Labute approximate surface area is 122 Å². The first-order valence-electron chi connectivity index (χ1n) is 6.36. The van der Waals surface area contributed by atoms with Crippen molar-refractivity contribution in [2.24, 2.45) is 7.05 Å². The first-order chi connectivity index (χ1) is 9.56. The maximum absolute atomic E-state index is 11.8. The van der Waals surface area contributed by atoms with Crippen LogP contribution >= 0.6 is 12.6 Å². The number of thiol groups is 1. The molecule has 0 atom stereocenters.